The summed E-state index contributed by atoms with van der Waals surface area (Å²) >= 11 is 1.84. The summed E-state index contributed by atoms with van der Waals surface area (Å²) in [5.41, 5.74) is 6.49. The summed E-state index contributed by atoms with van der Waals surface area (Å²) in [7, 11) is 1.60. The number of ether oxygens (including phenoxy) is 1. The van der Waals surface area contributed by atoms with Crippen molar-refractivity contribution in [3.63, 3.8) is 0 Å². The Morgan fingerprint density at radius 1 is 1.10 bits per heavy atom. The minimum atomic E-state index is -0.692. The van der Waals surface area contributed by atoms with Crippen LogP contribution in [0.4, 0.5) is 4.39 Å². The molecule has 1 amide bonds. The lowest BCUT2D eigenvalue weighted by atomic mass is 9.90. The second-order valence-corrected chi connectivity index (χ2v) is 11.6. The second-order valence-electron chi connectivity index (χ2n) is 10.4. The van der Waals surface area contributed by atoms with Crippen LogP contribution in [0.1, 0.15) is 56.2 Å². The van der Waals surface area contributed by atoms with Gasteiger partial charge in [0, 0.05) is 18.1 Å². The number of thioether (sulfide) groups is 1. The Labute approximate surface area is 229 Å². The fraction of sp³-hybridized carbons (Fsp3) is 0.500. The van der Waals surface area contributed by atoms with Crippen LogP contribution in [0.2, 0.25) is 0 Å². The molecule has 2 fully saturated rings. The van der Waals surface area contributed by atoms with Crippen molar-refractivity contribution in [2.24, 2.45) is 5.73 Å². The Bertz CT molecular complexity index is 1440. The van der Waals surface area contributed by atoms with Gasteiger partial charge in [-0.3, -0.25) is 18.7 Å². The molecule has 0 unspecified atom stereocenters. The molecule has 2 aliphatic rings. The number of nitrogens with one attached hydrogen (secondary N) is 1. The van der Waals surface area contributed by atoms with Gasteiger partial charge in [0.1, 0.15) is 17.2 Å². The molecule has 208 valence electrons. The Morgan fingerprint density at radius 3 is 2.44 bits per heavy atom. The highest BCUT2D eigenvalue weighted by Crippen LogP contribution is 2.30. The molecule has 1 saturated heterocycles. The molecule has 3 aromatic rings. The number of pyridine rings is 1. The Hall–Kier alpha value is -3.18. The van der Waals surface area contributed by atoms with Crippen molar-refractivity contribution in [3.8, 4) is 5.75 Å². The highest BCUT2D eigenvalue weighted by atomic mass is 32.2. The highest BCUT2D eigenvalue weighted by Gasteiger charge is 2.30. The third kappa shape index (κ3) is 5.89. The number of methoxy groups -OCH3 is 1. The molecule has 9 nitrogen and oxygen atoms in total. The number of nitrogens with two attached hydrogens (primary N) is 1. The van der Waals surface area contributed by atoms with E-state index in [1.165, 1.54) is 10.6 Å². The van der Waals surface area contributed by atoms with Gasteiger partial charge in [0.15, 0.2) is 0 Å². The summed E-state index contributed by atoms with van der Waals surface area (Å²) < 4.78 is 22.2. The number of aromatic nitrogens is 3. The van der Waals surface area contributed by atoms with Gasteiger partial charge in [-0.25, -0.2) is 14.2 Å². The maximum absolute atomic E-state index is 14.1. The molecular weight excluding hydrogens is 521 g/mol. The topological polar surface area (TPSA) is 121 Å². The molecule has 1 aromatic carbocycles. The quantitative estimate of drug-likeness (QED) is 0.460. The van der Waals surface area contributed by atoms with Crippen molar-refractivity contribution >= 4 is 28.7 Å². The lowest BCUT2D eigenvalue weighted by Crippen LogP contribution is -2.49. The number of carbonyl (C=O) groups excluding carboxylic acids is 1. The van der Waals surface area contributed by atoms with Gasteiger partial charge in [-0.1, -0.05) is 12.1 Å². The summed E-state index contributed by atoms with van der Waals surface area (Å²) in [6.45, 7) is 0. The van der Waals surface area contributed by atoms with Crippen LogP contribution in [0, 0.1) is 5.82 Å². The molecule has 2 aromatic heterocycles. The zero-order chi connectivity index (χ0) is 27.5. The number of benzene rings is 1. The van der Waals surface area contributed by atoms with Gasteiger partial charge in [-0.15, -0.1) is 0 Å². The SMILES string of the molecule is COc1ccc(C[C@@H](N)C(=O)NC2CCC(n3c(=O)c4cc(F)cnc4n(C4CCSCC4)c3=O)CC2)cc1. The number of amides is 1. The monoisotopic (exact) mass is 555 g/mol. The van der Waals surface area contributed by atoms with Crippen LogP contribution < -0.4 is 27.0 Å². The standard InChI is InChI=1S/C28H34FN5O4S/c1-38-22-8-2-17(3-9-22)14-24(30)26(35)32-19-4-6-20(7-5-19)34-27(36)23-15-18(29)16-31-25(23)33(28(34)37)21-10-12-39-13-11-21/h2-3,8-9,15-16,19-21,24H,4-7,10-14,30H2,1H3,(H,32,35)/t19?,20?,24-/m1/s1. The van der Waals surface area contributed by atoms with E-state index in [1.54, 1.807) is 11.7 Å². The molecule has 39 heavy (non-hydrogen) atoms. The molecule has 0 spiro atoms. The van der Waals surface area contributed by atoms with Crippen LogP contribution in [0.25, 0.3) is 11.0 Å². The van der Waals surface area contributed by atoms with Crippen molar-refractivity contribution in [1.82, 2.24) is 19.4 Å². The minimum Gasteiger partial charge on any atom is -0.497 e. The second kappa shape index (κ2) is 11.9. The number of halogens is 1. The molecule has 0 radical (unpaired) electrons. The number of carbonyl (C=O) groups is 1. The maximum Gasteiger partial charge on any atom is 0.333 e. The summed E-state index contributed by atoms with van der Waals surface area (Å²) in [5, 5.41) is 3.17. The average Bonchev–Trinajstić information content (AvgIpc) is 2.95. The number of fused-ring (bicyclic) bond motifs is 1. The van der Waals surface area contributed by atoms with Gasteiger partial charge >= 0.3 is 5.69 Å². The van der Waals surface area contributed by atoms with Crippen molar-refractivity contribution in [2.75, 3.05) is 18.6 Å². The summed E-state index contributed by atoms with van der Waals surface area (Å²) in [6, 6.07) is 7.44. The van der Waals surface area contributed by atoms with E-state index < -0.39 is 17.4 Å². The molecule has 1 aliphatic carbocycles. The van der Waals surface area contributed by atoms with Gasteiger partial charge in [0.25, 0.3) is 5.56 Å². The van der Waals surface area contributed by atoms with E-state index in [1.807, 2.05) is 36.0 Å². The van der Waals surface area contributed by atoms with Crippen LogP contribution in [-0.2, 0) is 11.2 Å². The molecule has 3 heterocycles. The van der Waals surface area contributed by atoms with E-state index in [4.69, 9.17) is 10.5 Å². The minimum absolute atomic E-state index is 0.0751. The zero-order valence-electron chi connectivity index (χ0n) is 22.0. The first-order valence-corrected chi connectivity index (χ1v) is 14.6. The molecule has 11 heteroatoms. The largest absolute Gasteiger partial charge is 0.497 e. The first kappa shape index (κ1) is 27.4. The van der Waals surface area contributed by atoms with Crippen LogP contribution in [0.5, 0.6) is 5.75 Å². The Kier molecular flexibility index (Phi) is 8.37. The van der Waals surface area contributed by atoms with E-state index in [2.05, 4.69) is 10.3 Å². The molecular formula is C28H34FN5O4S. The van der Waals surface area contributed by atoms with E-state index >= 15 is 0 Å². The van der Waals surface area contributed by atoms with Crippen LogP contribution in [0.15, 0.2) is 46.1 Å². The van der Waals surface area contributed by atoms with Crippen LogP contribution in [0.3, 0.4) is 0 Å². The highest BCUT2D eigenvalue weighted by molar-refractivity contribution is 7.99. The Morgan fingerprint density at radius 2 is 1.77 bits per heavy atom. The fourth-order valence-electron chi connectivity index (χ4n) is 5.69. The molecule has 1 saturated carbocycles. The third-order valence-corrected chi connectivity index (χ3v) is 8.89. The van der Waals surface area contributed by atoms with Crippen molar-refractivity contribution in [2.45, 2.75) is 69.1 Å². The number of rotatable bonds is 7. The van der Waals surface area contributed by atoms with Crippen molar-refractivity contribution in [1.29, 1.82) is 0 Å². The first-order valence-electron chi connectivity index (χ1n) is 13.4. The average molecular weight is 556 g/mol. The molecule has 5 rings (SSSR count). The van der Waals surface area contributed by atoms with Crippen molar-refractivity contribution < 1.29 is 13.9 Å². The molecule has 1 aliphatic heterocycles. The van der Waals surface area contributed by atoms with Gasteiger partial charge in [0.05, 0.1) is 24.7 Å². The normalized spacial score (nSPS) is 21.0. The lowest BCUT2D eigenvalue weighted by Gasteiger charge is -2.32. The zero-order valence-corrected chi connectivity index (χ0v) is 22.8. The van der Waals surface area contributed by atoms with Gasteiger partial charge in [-0.05, 0) is 80.2 Å². The molecule has 1 atom stereocenters. The van der Waals surface area contributed by atoms with Gasteiger partial charge < -0.3 is 15.8 Å². The van der Waals surface area contributed by atoms with Gasteiger partial charge in [0.2, 0.25) is 5.91 Å². The number of nitrogens with zero attached hydrogens (tertiary/aromatic N) is 3. The predicted octanol–water partition coefficient (Wildman–Crippen LogP) is 2.94. The van der Waals surface area contributed by atoms with E-state index in [9.17, 15) is 18.8 Å². The third-order valence-electron chi connectivity index (χ3n) is 7.84. The maximum atomic E-state index is 14.1. The van der Waals surface area contributed by atoms with Crippen molar-refractivity contribution in [3.05, 3.63) is 68.7 Å². The molecule has 3 N–H and O–H groups in total. The van der Waals surface area contributed by atoms with E-state index in [0.29, 0.717) is 32.1 Å². The van der Waals surface area contributed by atoms with E-state index in [0.717, 1.165) is 41.9 Å². The predicted molar refractivity (Wildman–Crippen MR) is 150 cm³/mol. The summed E-state index contributed by atoms with van der Waals surface area (Å²) in [6.07, 6.45) is 5.37. The fourth-order valence-corrected chi connectivity index (χ4v) is 6.78. The number of hydrogen-bond donors (Lipinski definition) is 2. The smallest absolute Gasteiger partial charge is 0.333 e. The first-order chi connectivity index (χ1) is 18.9. The van der Waals surface area contributed by atoms with Crippen LogP contribution >= 0.6 is 11.8 Å². The Balaban J connectivity index is 1.30. The van der Waals surface area contributed by atoms with Crippen LogP contribution in [-0.4, -0.2) is 50.7 Å². The lowest BCUT2D eigenvalue weighted by molar-refractivity contribution is -0.123. The summed E-state index contributed by atoms with van der Waals surface area (Å²) in [5.74, 6) is 1.75. The van der Waals surface area contributed by atoms with E-state index in [-0.39, 0.29) is 40.8 Å². The van der Waals surface area contributed by atoms with Gasteiger partial charge in [-0.2, -0.15) is 11.8 Å². The number of hydrogen-bond acceptors (Lipinski definition) is 7. The molecule has 0 bridgehead atoms. The summed E-state index contributed by atoms with van der Waals surface area (Å²) in [4.78, 5) is 44.1.